The average molecular weight is 289 g/mol. The van der Waals surface area contributed by atoms with Gasteiger partial charge in [0.15, 0.2) is 11.6 Å². The SMILES string of the molecule is Cl.Nc1cnn(CC(=O)Nc2cccc(F)c2F)c1. The minimum atomic E-state index is -1.09. The molecule has 0 unspecified atom stereocenters. The molecule has 0 radical (unpaired) electrons. The van der Waals surface area contributed by atoms with Gasteiger partial charge >= 0.3 is 0 Å². The zero-order chi connectivity index (χ0) is 13.1. The molecule has 1 aromatic heterocycles. The number of nitrogens with one attached hydrogen (secondary N) is 1. The second-order valence-electron chi connectivity index (χ2n) is 3.62. The summed E-state index contributed by atoms with van der Waals surface area (Å²) >= 11 is 0. The molecule has 0 aliphatic heterocycles. The van der Waals surface area contributed by atoms with Crippen molar-refractivity contribution in [1.82, 2.24) is 9.78 Å². The summed E-state index contributed by atoms with van der Waals surface area (Å²) in [5, 5.41) is 6.05. The first-order valence-electron chi connectivity index (χ1n) is 5.08. The maximum atomic E-state index is 13.3. The zero-order valence-electron chi connectivity index (χ0n) is 9.64. The molecule has 0 spiro atoms. The van der Waals surface area contributed by atoms with Gasteiger partial charge in [-0.25, -0.2) is 8.78 Å². The van der Waals surface area contributed by atoms with Crippen molar-refractivity contribution in [3.63, 3.8) is 0 Å². The van der Waals surface area contributed by atoms with Crippen LogP contribution < -0.4 is 11.1 Å². The van der Waals surface area contributed by atoms with Gasteiger partial charge in [0.05, 0.1) is 17.6 Å². The Labute approximate surface area is 113 Å². The van der Waals surface area contributed by atoms with Gasteiger partial charge in [0.1, 0.15) is 6.54 Å². The Bertz CT molecular complexity index is 588. The summed E-state index contributed by atoms with van der Waals surface area (Å²) in [7, 11) is 0. The van der Waals surface area contributed by atoms with Crippen molar-refractivity contribution in [3.05, 3.63) is 42.2 Å². The van der Waals surface area contributed by atoms with Crippen LogP contribution in [-0.4, -0.2) is 15.7 Å². The second kappa shape index (κ2) is 6.14. The van der Waals surface area contributed by atoms with Gasteiger partial charge in [-0.2, -0.15) is 5.10 Å². The van der Waals surface area contributed by atoms with Gasteiger partial charge in [-0.15, -0.1) is 12.4 Å². The van der Waals surface area contributed by atoms with Crippen LogP contribution in [0.4, 0.5) is 20.2 Å². The molecule has 2 rings (SSSR count). The number of nitrogens with zero attached hydrogens (tertiary/aromatic N) is 2. The van der Waals surface area contributed by atoms with E-state index in [0.29, 0.717) is 5.69 Å². The molecule has 0 aliphatic carbocycles. The Hall–Kier alpha value is -2.15. The second-order valence-corrected chi connectivity index (χ2v) is 3.62. The maximum Gasteiger partial charge on any atom is 0.246 e. The smallest absolute Gasteiger partial charge is 0.246 e. The van der Waals surface area contributed by atoms with E-state index in [2.05, 4.69) is 10.4 Å². The number of hydrogen-bond acceptors (Lipinski definition) is 3. The number of nitrogen functional groups attached to an aromatic ring is 1. The number of anilines is 2. The third-order valence-electron chi connectivity index (χ3n) is 2.18. The minimum Gasteiger partial charge on any atom is -0.396 e. The molecular weight excluding hydrogens is 278 g/mol. The van der Waals surface area contributed by atoms with Gasteiger partial charge in [0, 0.05) is 6.20 Å². The summed E-state index contributed by atoms with van der Waals surface area (Å²) in [5.74, 6) is -2.63. The number of aromatic nitrogens is 2. The first-order chi connectivity index (χ1) is 8.56. The maximum absolute atomic E-state index is 13.3. The summed E-state index contributed by atoms with van der Waals surface area (Å²) in [5.41, 5.74) is 5.63. The molecular formula is C11H11ClF2N4O. The topological polar surface area (TPSA) is 72.9 Å². The van der Waals surface area contributed by atoms with Crippen LogP contribution >= 0.6 is 12.4 Å². The lowest BCUT2D eigenvalue weighted by atomic mass is 10.3. The number of carbonyl (C=O) groups excluding carboxylic acids is 1. The van der Waals surface area contributed by atoms with Crippen LogP contribution in [0.15, 0.2) is 30.6 Å². The van der Waals surface area contributed by atoms with Crippen LogP contribution in [0.3, 0.4) is 0 Å². The van der Waals surface area contributed by atoms with E-state index in [1.54, 1.807) is 0 Å². The number of amides is 1. The number of nitrogens with two attached hydrogens (primary N) is 1. The van der Waals surface area contributed by atoms with Crippen LogP contribution in [0, 0.1) is 11.6 Å². The highest BCUT2D eigenvalue weighted by Gasteiger charge is 2.11. The highest BCUT2D eigenvalue weighted by atomic mass is 35.5. The lowest BCUT2D eigenvalue weighted by molar-refractivity contribution is -0.116. The summed E-state index contributed by atoms with van der Waals surface area (Å²) < 4.78 is 27.5. The van der Waals surface area contributed by atoms with Gasteiger partial charge in [0.2, 0.25) is 5.91 Å². The molecule has 0 aliphatic rings. The fourth-order valence-electron chi connectivity index (χ4n) is 1.40. The zero-order valence-corrected chi connectivity index (χ0v) is 10.5. The lowest BCUT2D eigenvalue weighted by Gasteiger charge is -2.06. The van der Waals surface area contributed by atoms with E-state index in [9.17, 15) is 13.6 Å². The highest BCUT2D eigenvalue weighted by Crippen LogP contribution is 2.16. The molecule has 19 heavy (non-hydrogen) atoms. The molecule has 0 saturated heterocycles. The predicted octanol–water partition coefficient (Wildman–Crippen LogP) is 1.80. The van der Waals surface area contributed by atoms with Crippen molar-refractivity contribution in [1.29, 1.82) is 0 Å². The summed E-state index contributed by atoms with van der Waals surface area (Å²) in [6.07, 6.45) is 2.84. The Kier molecular flexibility index (Phi) is 4.82. The van der Waals surface area contributed by atoms with Gasteiger partial charge in [0.25, 0.3) is 0 Å². The first-order valence-corrected chi connectivity index (χ1v) is 5.08. The minimum absolute atomic E-state index is 0. The number of carbonyl (C=O) groups is 1. The van der Waals surface area contributed by atoms with Gasteiger partial charge in [-0.1, -0.05) is 6.07 Å². The molecule has 0 atom stereocenters. The number of rotatable bonds is 3. The fraction of sp³-hybridized carbons (Fsp3) is 0.0909. The molecule has 1 heterocycles. The van der Waals surface area contributed by atoms with Gasteiger partial charge < -0.3 is 11.1 Å². The largest absolute Gasteiger partial charge is 0.396 e. The number of hydrogen-bond donors (Lipinski definition) is 2. The third-order valence-corrected chi connectivity index (χ3v) is 2.18. The van der Waals surface area contributed by atoms with Gasteiger partial charge in [-0.3, -0.25) is 9.48 Å². The summed E-state index contributed by atoms with van der Waals surface area (Å²) in [4.78, 5) is 11.6. The average Bonchev–Trinajstić information content (AvgIpc) is 2.70. The molecule has 8 heteroatoms. The van der Waals surface area contributed by atoms with Crippen molar-refractivity contribution in [2.45, 2.75) is 6.54 Å². The van der Waals surface area contributed by atoms with E-state index in [1.165, 1.54) is 29.2 Å². The fourth-order valence-corrected chi connectivity index (χ4v) is 1.40. The Morgan fingerprint density at radius 3 is 2.79 bits per heavy atom. The van der Waals surface area contributed by atoms with Crippen molar-refractivity contribution in [3.8, 4) is 0 Å². The normalized spacial score (nSPS) is 9.79. The lowest BCUT2D eigenvalue weighted by Crippen LogP contribution is -2.19. The standard InChI is InChI=1S/C11H10F2N4O.ClH/c12-8-2-1-3-9(11(8)13)16-10(18)6-17-5-7(14)4-15-17;/h1-5H,6,14H2,(H,16,18);1H. The van der Waals surface area contributed by atoms with E-state index in [1.807, 2.05) is 0 Å². The van der Waals surface area contributed by atoms with Crippen molar-refractivity contribution in [2.75, 3.05) is 11.1 Å². The number of halogens is 3. The van der Waals surface area contributed by atoms with Gasteiger partial charge in [-0.05, 0) is 12.1 Å². The molecule has 5 nitrogen and oxygen atoms in total. The van der Waals surface area contributed by atoms with Crippen molar-refractivity contribution < 1.29 is 13.6 Å². The van der Waals surface area contributed by atoms with E-state index in [0.717, 1.165) is 6.07 Å². The Morgan fingerprint density at radius 1 is 1.42 bits per heavy atom. The van der Waals surface area contributed by atoms with Crippen LogP contribution in [0.25, 0.3) is 0 Å². The van der Waals surface area contributed by atoms with Crippen LogP contribution in [0.1, 0.15) is 0 Å². The third kappa shape index (κ3) is 3.65. The van der Waals surface area contributed by atoms with Crippen LogP contribution in [0.5, 0.6) is 0 Å². The Morgan fingerprint density at radius 2 is 2.16 bits per heavy atom. The molecule has 0 saturated carbocycles. The quantitative estimate of drug-likeness (QED) is 0.904. The molecule has 0 fully saturated rings. The van der Waals surface area contributed by atoms with Crippen molar-refractivity contribution >= 4 is 29.7 Å². The van der Waals surface area contributed by atoms with Crippen LogP contribution in [0.2, 0.25) is 0 Å². The summed E-state index contributed by atoms with van der Waals surface area (Å²) in [6.45, 7) is -0.132. The van der Waals surface area contributed by atoms with E-state index in [4.69, 9.17) is 5.73 Å². The molecule has 1 aromatic carbocycles. The molecule has 102 valence electrons. The Balaban J connectivity index is 0.00000180. The van der Waals surface area contributed by atoms with E-state index < -0.39 is 17.5 Å². The monoisotopic (exact) mass is 288 g/mol. The van der Waals surface area contributed by atoms with Crippen molar-refractivity contribution in [2.24, 2.45) is 0 Å². The number of benzene rings is 1. The molecule has 3 N–H and O–H groups in total. The molecule has 2 aromatic rings. The predicted molar refractivity (Wildman–Crippen MR) is 68.9 cm³/mol. The first kappa shape index (κ1) is 14.9. The highest BCUT2D eigenvalue weighted by molar-refractivity contribution is 5.90. The summed E-state index contributed by atoms with van der Waals surface area (Å²) in [6, 6.07) is 3.55. The van der Waals surface area contributed by atoms with Crippen LogP contribution in [-0.2, 0) is 11.3 Å². The molecule has 1 amide bonds. The van der Waals surface area contributed by atoms with E-state index in [-0.39, 0.29) is 24.6 Å². The van der Waals surface area contributed by atoms with E-state index >= 15 is 0 Å². The molecule has 0 bridgehead atoms.